The van der Waals surface area contributed by atoms with E-state index in [-0.39, 0.29) is 18.0 Å². The quantitative estimate of drug-likeness (QED) is 0.532. The van der Waals surface area contributed by atoms with E-state index in [0.29, 0.717) is 11.1 Å². The molecule has 1 aromatic carbocycles. The van der Waals surface area contributed by atoms with E-state index in [1.807, 2.05) is 0 Å². The van der Waals surface area contributed by atoms with Crippen molar-refractivity contribution < 1.29 is 19.5 Å². The molecule has 0 atom stereocenters. The molecule has 2 aromatic rings. The van der Waals surface area contributed by atoms with Crippen molar-refractivity contribution in [2.75, 3.05) is 6.54 Å². The van der Waals surface area contributed by atoms with Crippen molar-refractivity contribution >= 4 is 24.0 Å². The van der Waals surface area contributed by atoms with Gasteiger partial charge in [0.2, 0.25) is 0 Å². The molecule has 0 fully saturated rings. The predicted molar refractivity (Wildman–Crippen MR) is 85.7 cm³/mol. The standard InChI is InChI=1S/C16H14N4O4/c21-14(10-18-15(22)12-5-7-17-8-6-12)20-19-9-11-1-3-13(4-2-11)16(23)24/h1-9H,10H2,(H,18,22)(H,20,21)(H,23,24)/b19-9-. The van der Waals surface area contributed by atoms with E-state index >= 15 is 0 Å². The molecule has 0 unspecified atom stereocenters. The van der Waals surface area contributed by atoms with E-state index in [4.69, 9.17) is 5.11 Å². The van der Waals surface area contributed by atoms with Crippen molar-refractivity contribution in [3.05, 3.63) is 65.5 Å². The molecule has 2 amide bonds. The summed E-state index contributed by atoms with van der Waals surface area (Å²) in [6.45, 7) is -0.226. The minimum atomic E-state index is -1.02. The molecule has 2 rings (SSSR count). The van der Waals surface area contributed by atoms with Crippen LogP contribution in [0.25, 0.3) is 0 Å². The average Bonchev–Trinajstić information content (AvgIpc) is 2.61. The van der Waals surface area contributed by atoms with Crippen LogP contribution in [0.1, 0.15) is 26.3 Å². The normalized spacial score (nSPS) is 10.3. The number of carbonyl (C=O) groups excluding carboxylic acids is 2. The number of carbonyl (C=O) groups is 3. The Bertz CT molecular complexity index is 757. The van der Waals surface area contributed by atoms with Crippen LogP contribution in [0.3, 0.4) is 0 Å². The Morgan fingerprint density at radius 2 is 1.71 bits per heavy atom. The second kappa shape index (κ2) is 8.18. The third kappa shape index (κ3) is 5.02. The maximum atomic E-state index is 11.7. The van der Waals surface area contributed by atoms with Gasteiger partial charge < -0.3 is 10.4 Å². The number of nitrogens with zero attached hydrogens (tertiary/aromatic N) is 2. The Morgan fingerprint density at radius 1 is 1.04 bits per heavy atom. The maximum Gasteiger partial charge on any atom is 0.335 e. The van der Waals surface area contributed by atoms with Gasteiger partial charge in [0.25, 0.3) is 11.8 Å². The molecule has 1 heterocycles. The number of hydrazone groups is 1. The van der Waals surface area contributed by atoms with Gasteiger partial charge >= 0.3 is 5.97 Å². The number of pyridine rings is 1. The maximum absolute atomic E-state index is 11.7. The van der Waals surface area contributed by atoms with Crippen LogP contribution >= 0.6 is 0 Å². The molecule has 0 aliphatic carbocycles. The van der Waals surface area contributed by atoms with Crippen LogP contribution in [-0.2, 0) is 4.79 Å². The van der Waals surface area contributed by atoms with Gasteiger partial charge in [-0.1, -0.05) is 12.1 Å². The van der Waals surface area contributed by atoms with E-state index in [2.05, 4.69) is 20.8 Å². The molecule has 0 saturated heterocycles. The topological polar surface area (TPSA) is 121 Å². The molecule has 0 aliphatic heterocycles. The summed E-state index contributed by atoms with van der Waals surface area (Å²) in [7, 11) is 0. The lowest BCUT2D eigenvalue weighted by atomic mass is 10.1. The van der Waals surface area contributed by atoms with Crippen LogP contribution in [0, 0.1) is 0 Å². The summed E-state index contributed by atoms with van der Waals surface area (Å²) in [6, 6.07) is 9.05. The second-order valence-electron chi connectivity index (χ2n) is 4.64. The molecule has 0 spiro atoms. The summed E-state index contributed by atoms with van der Waals surface area (Å²) >= 11 is 0. The Morgan fingerprint density at radius 3 is 2.33 bits per heavy atom. The molecule has 24 heavy (non-hydrogen) atoms. The minimum absolute atomic E-state index is 0.162. The van der Waals surface area contributed by atoms with Gasteiger partial charge in [0, 0.05) is 18.0 Å². The van der Waals surface area contributed by atoms with Crippen LogP contribution in [0.15, 0.2) is 53.9 Å². The summed E-state index contributed by atoms with van der Waals surface area (Å²) in [5, 5.41) is 15.0. The van der Waals surface area contributed by atoms with Gasteiger partial charge in [-0.3, -0.25) is 14.6 Å². The largest absolute Gasteiger partial charge is 0.478 e. The lowest BCUT2D eigenvalue weighted by Crippen LogP contribution is -2.34. The highest BCUT2D eigenvalue weighted by Gasteiger charge is 2.06. The fraction of sp³-hybridized carbons (Fsp3) is 0.0625. The molecular weight excluding hydrogens is 312 g/mol. The first-order valence-corrected chi connectivity index (χ1v) is 6.90. The van der Waals surface area contributed by atoms with Crippen molar-refractivity contribution in [3.63, 3.8) is 0 Å². The van der Waals surface area contributed by atoms with Gasteiger partial charge in [-0.15, -0.1) is 0 Å². The van der Waals surface area contributed by atoms with Crippen molar-refractivity contribution in [1.82, 2.24) is 15.7 Å². The third-order valence-electron chi connectivity index (χ3n) is 2.91. The Kier molecular flexibility index (Phi) is 5.73. The second-order valence-corrected chi connectivity index (χ2v) is 4.64. The zero-order chi connectivity index (χ0) is 17.4. The molecular formula is C16H14N4O4. The zero-order valence-electron chi connectivity index (χ0n) is 12.5. The Balaban J connectivity index is 1.78. The molecule has 8 heteroatoms. The zero-order valence-corrected chi connectivity index (χ0v) is 12.5. The number of carboxylic acids is 1. The monoisotopic (exact) mass is 326 g/mol. The highest BCUT2D eigenvalue weighted by molar-refractivity contribution is 5.96. The average molecular weight is 326 g/mol. The molecule has 8 nitrogen and oxygen atoms in total. The smallest absolute Gasteiger partial charge is 0.335 e. The van der Waals surface area contributed by atoms with Crippen LogP contribution in [0.4, 0.5) is 0 Å². The van der Waals surface area contributed by atoms with Gasteiger partial charge in [-0.05, 0) is 29.8 Å². The number of aromatic nitrogens is 1. The van der Waals surface area contributed by atoms with Crippen LogP contribution in [0.5, 0.6) is 0 Å². The van der Waals surface area contributed by atoms with Crippen LogP contribution < -0.4 is 10.7 Å². The van der Waals surface area contributed by atoms with Crippen molar-refractivity contribution in [3.8, 4) is 0 Å². The van der Waals surface area contributed by atoms with Gasteiger partial charge in [0.1, 0.15) is 0 Å². The van der Waals surface area contributed by atoms with Gasteiger partial charge in [0.15, 0.2) is 0 Å². The molecule has 0 bridgehead atoms. The Labute approximate surface area is 137 Å². The fourth-order valence-corrected chi connectivity index (χ4v) is 1.70. The molecule has 1 aromatic heterocycles. The number of rotatable bonds is 6. The number of nitrogens with one attached hydrogen (secondary N) is 2. The number of aromatic carboxylic acids is 1. The summed E-state index contributed by atoms with van der Waals surface area (Å²) in [6.07, 6.45) is 4.33. The molecule has 0 aliphatic rings. The summed E-state index contributed by atoms with van der Waals surface area (Å²) in [5.74, 6) is -1.90. The molecule has 3 N–H and O–H groups in total. The molecule has 0 radical (unpaired) electrons. The number of hydrogen-bond donors (Lipinski definition) is 3. The summed E-state index contributed by atoms with van der Waals surface area (Å²) < 4.78 is 0. The number of carboxylic acid groups (broad SMARTS) is 1. The lowest BCUT2D eigenvalue weighted by Gasteiger charge is -2.03. The molecule has 0 saturated carbocycles. The number of benzene rings is 1. The number of amides is 2. The highest BCUT2D eigenvalue weighted by atomic mass is 16.4. The first-order chi connectivity index (χ1) is 11.6. The number of hydrogen-bond acceptors (Lipinski definition) is 5. The Hall–Kier alpha value is -3.55. The van der Waals surface area contributed by atoms with Gasteiger partial charge in [0.05, 0.1) is 18.3 Å². The summed E-state index contributed by atoms with van der Waals surface area (Å²) in [4.78, 5) is 37.8. The first kappa shape index (κ1) is 16.8. The SMILES string of the molecule is O=C(CNC(=O)c1ccncc1)N/N=C\c1ccc(C(=O)O)cc1. The summed E-state index contributed by atoms with van der Waals surface area (Å²) in [5.41, 5.74) is 3.45. The van der Waals surface area contributed by atoms with E-state index < -0.39 is 11.9 Å². The first-order valence-electron chi connectivity index (χ1n) is 6.90. The minimum Gasteiger partial charge on any atom is -0.478 e. The van der Waals surface area contributed by atoms with Crippen molar-refractivity contribution in [2.45, 2.75) is 0 Å². The van der Waals surface area contributed by atoms with Gasteiger partial charge in [-0.25, -0.2) is 10.2 Å². The van der Waals surface area contributed by atoms with Crippen molar-refractivity contribution in [2.24, 2.45) is 5.10 Å². The van der Waals surface area contributed by atoms with E-state index in [9.17, 15) is 14.4 Å². The van der Waals surface area contributed by atoms with E-state index in [1.165, 1.54) is 42.9 Å². The van der Waals surface area contributed by atoms with Crippen LogP contribution in [0.2, 0.25) is 0 Å². The van der Waals surface area contributed by atoms with E-state index in [0.717, 1.165) is 0 Å². The lowest BCUT2D eigenvalue weighted by molar-refractivity contribution is -0.120. The molecule has 122 valence electrons. The third-order valence-corrected chi connectivity index (χ3v) is 2.91. The van der Waals surface area contributed by atoms with Gasteiger partial charge in [-0.2, -0.15) is 5.10 Å². The van der Waals surface area contributed by atoms with E-state index in [1.54, 1.807) is 12.1 Å². The fourth-order valence-electron chi connectivity index (χ4n) is 1.70. The predicted octanol–water partition coefficient (Wildman–Crippen LogP) is 0.660. The van der Waals surface area contributed by atoms with Crippen molar-refractivity contribution in [1.29, 1.82) is 0 Å². The highest BCUT2D eigenvalue weighted by Crippen LogP contribution is 2.02. The van der Waals surface area contributed by atoms with Crippen LogP contribution in [-0.4, -0.2) is 40.6 Å².